The standard InChI is InChI=1S/C26H31N3O2/c1-26(2,3)21-13-11-19(12-14-21)23(29-15-7-8-16-29)18-27-25(30)22-17-24(31-28-22)20-9-5-4-6-10-20/h4-6,9-14,17,23H,7-8,15-16,18H2,1-3H3,(H,27,30)/t23-/m1/s1. The summed E-state index contributed by atoms with van der Waals surface area (Å²) < 4.78 is 5.39. The van der Waals surface area contributed by atoms with Gasteiger partial charge < -0.3 is 9.84 Å². The molecule has 1 saturated heterocycles. The summed E-state index contributed by atoms with van der Waals surface area (Å²) in [6.45, 7) is 9.33. The maximum absolute atomic E-state index is 12.8. The highest BCUT2D eigenvalue weighted by molar-refractivity contribution is 5.93. The largest absolute Gasteiger partial charge is 0.355 e. The lowest BCUT2D eigenvalue weighted by Crippen LogP contribution is -2.37. The molecule has 1 amide bonds. The van der Waals surface area contributed by atoms with Crippen LogP contribution in [0, 0.1) is 0 Å². The molecule has 0 radical (unpaired) electrons. The summed E-state index contributed by atoms with van der Waals surface area (Å²) >= 11 is 0. The first-order valence-corrected chi connectivity index (χ1v) is 11.1. The predicted octanol–water partition coefficient (Wildman–Crippen LogP) is 5.21. The van der Waals surface area contributed by atoms with Crippen molar-refractivity contribution in [2.75, 3.05) is 19.6 Å². The zero-order valence-electron chi connectivity index (χ0n) is 18.6. The van der Waals surface area contributed by atoms with Gasteiger partial charge in [0.1, 0.15) is 0 Å². The van der Waals surface area contributed by atoms with Crippen LogP contribution in [-0.4, -0.2) is 35.6 Å². The van der Waals surface area contributed by atoms with Crippen molar-refractivity contribution in [3.05, 3.63) is 77.5 Å². The highest BCUT2D eigenvalue weighted by Gasteiger charge is 2.25. The third-order valence-electron chi connectivity index (χ3n) is 6.00. The molecule has 1 atom stereocenters. The van der Waals surface area contributed by atoms with E-state index >= 15 is 0 Å². The molecule has 1 aliphatic heterocycles. The monoisotopic (exact) mass is 417 g/mol. The Morgan fingerprint density at radius 2 is 1.74 bits per heavy atom. The van der Waals surface area contributed by atoms with Gasteiger partial charge in [-0.3, -0.25) is 9.69 Å². The Bertz CT molecular complexity index is 997. The lowest BCUT2D eigenvalue weighted by molar-refractivity contribution is 0.0929. The van der Waals surface area contributed by atoms with Crippen LogP contribution in [0.2, 0.25) is 0 Å². The van der Waals surface area contributed by atoms with E-state index in [1.54, 1.807) is 6.07 Å². The molecule has 0 aliphatic carbocycles. The van der Waals surface area contributed by atoms with Crippen molar-refractivity contribution < 1.29 is 9.32 Å². The van der Waals surface area contributed by atoms with Crippen molar-refractivity contribution >= 4 is 5.91 Å². The molecule has 2 aromatic carbocycles. The summed E-state index contributed by atoms with van der Waals surface area (Å²) in [5.74, 6) is 0.390. The molecule has 5 nitrogen and oxygen atoms in total. The number of nitrogens with zero attached hydrogens (tertiary/aromatic N) is 2. The Balaban J connectivity index is 1.47. The van der Waals surface area contributed by atoms with E-state index in [1.807, 2.05) is 30.3 Å². The van der Waals surface area contributed by atoms with Crippen LogP contribution in [0.3, 0.4) is 0 Å². The lowest BCUT2D eigenvalue weighted by Gasteiger charge is -2.29. The molecule has 2 heterocycles. The summed E-state index contributed by atoms with van der Waals surface area (Å²) in [5.41, 5.74) is 3.89. The van der Waals surface area contributed by atoms with E-state index in [2.05, 4.69) is 60.4 Å². The minimum absolute atomic E-state index is 0.124. The predicted molar refractivity (Wildman–Crippen MR) is 123 cm³/mol. The minimum Gasteiger partial charge on any atom is -0.355 e. The van der Waals surface area contributed by atoms with Gasteiger partial charge in [0.05, 0.1) is 6.04 Å². The van der Waals surface area contributed by atoms with Crippen molar-refractivity contribution in [1.82, 2.24) is 15.4 Å². The molecular formula is C26H31N3O2. The van der Waals surface area contributed by atoms with Crippen LogP contribution in [0.25, 0.3) is 11.3 Å². The molecule has 5 heteroatoms. The number of carbonyl (C=O) groups excluding carboxylic acids is 1. The third kappa shape index (κ3) is 5.05. The quantitative estimate of drug-likeness (QED) is 0.598. The number of aromatic nitrogens is 1. The Hall–Kier alpha value is -2.92. The molecule has 0 bridgehead atoms. The molecule has 1 aromatic heterocycles. The smallest absolute Gasteiger partial charge is 0.273 e. The molecule has 0 spiro atoms. The number of likely N-dealkylation sites (tertiary alicyclic amines) is 1. The molecule has 0 saturated carbocycles. The Labute approximate surface area is 184 Å². The molecule has 31 heavy (non-hydrogen) atoms. The van der Waals surface area contributed by atoms with Crippen molar-refractivity contribution in [2.45, 2.75) is 45.1 Å². The molecule has 0 unspecified atom stereocenters. The molecule has 1 N–H and O–H groups in total. The maximum Gasteiger partial charge on any atom is 0.273 e. The van der Waals surface area contributed by atoms with Gasteiger partial charge in [-0.15, -0.1) is 0 Å². The van der Waals surface area contributed by atoms with Crippen LogP contribution in [-0.2, 0) is 5.41 Å². The third-order valence-corrected chi connectivity index (χ3v) is 6.00. The number of nitrogens with one attached hydrogen (secondary N) is 1. The second-order valence-electron chi connectivity index (χ2n) is 9.28. The number of hydrogen-bond acceptors (Lipinski definition) is 4. The average Bonchev–Trinajstić information content (AvgIpc) is 3.47. The summed E-state index contributed by atoms with van der Waals surface area (Å²) in [5, 5.41) is 7.06. The van der Waals surface area contributed by atoms with Crippen LogP contribution in [0.4, 0.5) is 0 Å². The number of rotatable bonds is 6. The molecule has 4 rings (SSSR count). The normalized spacial score (nSPS) is 15.7. The van der Waals surface area contributed by atoms with Gasteiger partial charge >= 0.3 is 0 Å². The highest BCUT2D eigenvalue weighted by Crippen LogP contribution is 2.28. The highest BCUT2D eigenvalue weighted by atomic mass is 16.5. The van der Waals surface area contributed by atoms with Crippen LogP contribution in [0.15, 0.2) is 65.2 Å². The van der Waals surface area contributed by atoms with Gasteiger partial charge in [0.15, 0.2) is 11.5 Å². The number of benzene rings is 2. The number of hydrogen-bond donors (Lipinski definition) is 1. The van der Waals surface area contributed by atoms with Crippen LogP contribution in [0.1, 0.15) is 61.3 Å². The van der Waals surface area contributed by atoms with E-state index in [1.165, 1.54) is 24.0 Å². The molecule has 1 fully saturated rings. The number of amides is 1. The lowest BCUT2D eigenvalue weighted by atomic mass is 9.86. The molecule has 1 aliphatic rings. The van der Waals surface area contributed by atoms with Crippen molar-refractivity contribution in [3.8, 4) is 11.3 Å². The van der Waals surface area contributed by atoms with Gasteiger partial charge in [-0.05, 0) is 42.5 Å². The van der Waals surface area contributed by atoms with Gasteiger partial charge in [0.2, 0.25) is 0 Å². The molecule has 3 aromatic rings. The summed E-state index contributed by atoms with van der Waals surface area (Å²) in [4.78, 5) is 15.2. The Kier molecular flexibility index (Phi) is 6.23. The van der Waals surface area contributed by atoms with E-state index in [9.17, 15) is 4.79 Å². The van der Waals surface area contributed by atoms with Gasteiger partial charge in [-0.1, -0.05) is 80.5 Å². The fourth-order valence-corrected chi connectivity index (χ4v) is 4.12. The fourth-order valence-electron chi connectivity index (χ4n) is 4.12. The first-order chi connectivity index (χ1) is 14.9. The summed E-state index contributed by atoms with van der Waals surface area (Å²) in [6.07, 6.45) is 2.41. The van der Waals surface area contributed by atoms with Gasteiger partial charge in [0.25, 0.3) is 5.91 Å². The average molecular weight is 418 g/mol. The SMILES string of the molecule is CC(C)(C)c1ccc([C@@H](CNC(=O)c2cc(-c3ccccc3)on2)N2CCCC2)cc1. The van der Waals surface area contributed by atoms with E-state index in [-0.39, 0.29) is 17.4 Å². The van der Waals surface area contributed by atoms with E-state index in [0.29, 0.717) is 18.0 Å². The fraction of sp³-hybridized carbons (Fsp3) is 0.385. The molecule has 162 valence electrons. The van der Waals surface area contributed by atoms with E-state index in [0.717, 1.165) is 18.7 Å². The first kappa shape index (κ1) is 21.3. The van der Waals surface area contributed by atoms with E-state index in [4.69, 9.17) is 4.52 Å². The zero-order valence-corrected chi connectivity index (χ0v) is 18.6. The topological polar surface area (TPSA) is 58.4 Å². The number of carbonyl (C=O) groups is 1. The van der Waals surface area contributed by atoms with Crippen molar-refractivity contribution in [3.63, 3.8) is 0 Å². The van der Waals surface area contributed by atoms with Gasteiger partial charge in [-0.2, -0.15) is 0 Å². The molecular weight excluding hydrogens is 386 g/mol. The van der Waals surface area contributed by atoms with Crippen LogP contribution >= 0.6 is 0 Å². The maximum atomic E-state index is 12.8. The Morgan fingerprint density at radius 1 is 1.06 bits per heavy atom. The Morgan fingerprint density at radius 3 is 2.39 bits per heavy atom. The van der Waals surface area contributed by atoms with Crippen molar-refractivity contribution in [2.24, 2.45) is 0 Å². The van der Waals surface area contributed by atoms with Crippen LogP contribution in [0.5, 0.6) is 0 Å². The first-order valence-electron chi connectivity index (χ1n) is 11.1. The summed E-state index contributed by atoms with van der Waals surface area (Å²) in [6, 6.07) is 20.4. The zero-order chi connectivity index (χ0) is 21.8. The van der Waals surface area contributed by atoms with Gasteiger partial charge in [0, 0.05) is 18.2 Å². The van der Waals surface area contributed by atoms with E-state index < -0.39 is 0 Å². The minimum atomic E-state index is -0.207. The second kappa shape index (κ2) is 9.06. The van der Waals surface area contributed by atoms with Gasteiger partial charge in [-0.25, -0.2) is 0 Å². The second-order valence-corrected chi connectivity index (χ2v) is 9.28. The van der Waals surface area contributed by atoms with Crippen molar-refractivity contribution in [1.29, 1.82) is 0 Å². The van der Waals surface area contributed by atoms with Crippen LogP contribution < -0.4 is 5.32 Å². The summed E-state index contributed by atoms with van der Waals surface area (Å²) in [7, 11) is 0.